The normalized spacial score (nSPS) is 11.8. The van der Waals surface area contributed by atoms with Crippen LogP contribution in [0.4, 0.5) is 4.39 Å². The Morgan fingerprint density at radius 1 is 1.14 bits per heavy atom. The molecule has 142 valence electrons. The van der Waals surface area contributed by atoms with Crippen molar-refractivity contribution < 1.29 is 12.8 Å². The van der Waals surface area contributed by atoms with Crippen LogP contribution in [0.1, 0.15) is 5.69 Å². The van der Waals surface area contributed by atoms with Gasteiger partial charge in [0.1, 0.15) is 10.8 Å². The first kappa shape index (κ1) is 18.6. The summed E-state index contributed by atoms with van der Waals surface area (Å²) in [4.78, 5) is 8.40. The molecule has 0 radical (unpaired) electrons. The minimum absolute atomic E-state index is 0.0283. The lowest BCUT2D eigenvalue weighted by atomic mass is 10.2. The van der Waals surface area contributed by atoms with Gasteiger partial charge in [0.25, 0.3) is 0 Å². The third-order valence-electron chi connectivity index (χ3n) is 4.17. The summed E-state index contributed by atoms with van der Waals surface area (Å²) in [7, 11) is -4.03. The smallest absolute Gasteiger partial charge is 0.213 e. The highest BCUT2D eigenvalue weighted by atomic mass is 32.2. The van der Waals surface area contributed by atoms with E-state index in [4.69, 9.17) is 0 Å². The fourth-order valence-electron chi connectivity index (χ4n) is 2.94. The van der Waals surface area contributed by atoms with Crippen LogP contribution in [0.25, 0.3) is 16.9 Å². The highest BCUT2D eigenvalue weighted by Crippen LogP contribution is 2.34. The molecule has 0 saturated carbocycles. The maximum atomic E-state index is 13.7. The van der Waals surface area contributed by atoms with Crippen molar-refractivity contribution in [1.29, 1.82) is 0 Å². The number of sulfone groups is 1. The van der Waals surface area contributed by atoms with E-state index in [9.17, 15) is 12.8 Å². The van der Waals surface area contributed by atoms with Crippen LogP contribution in [-0.2, 0) is 9.84 Å². The van der Waals surface area contributed by atoms with Gasteiger partial charge < -0.3 is 0 Å². The predicted molar refractivity (Wildman–Crippen MR) is 105 cm³/mol. The van der Waals surface area contributed by atoms with Crippen LogP contribution in [0.3, 0.4) is 0 Å². The minimum atomic E-state index is -4.03. The molecule has 28 heavy (non-hydrogen) atoms. The lowest BCUT2D eigenvalue weighted by Crippen LogP contribution is -2.05. The molecule has 0 saturated heterocycles. The monoisotopic (exact) mass is 414 g/mol. The Bertz CT molecular complexity index is 1290. The molecule has 4 aromatic rings. The van der Waals surface area contributed by atoms with E-state index in [0.29, 0.717) is 16.4 Å². The van der Waals surface area contributed by atoms with Crippen molar-refractivity contribution in [2.75, 3.05) is 6.26 Å². The van der Waals surface area contributed by atoms with Crippen molar-refractivity contribution in [3.05, 3.63) is 66.4 Å². The Morgan fingerprint density at radius 3 is 2.64 bits per heavy atom. The number of hydrogen-bond donors (Lipinski definition) is 0. The van der Waals surface area contributed by atoms with Gasteiger partial charge in [0, 0.05) is 23.7 Å². The van der Waals surface area contributed by atoms with Crippen LogP contribution in [0.5, 0.6) is 0 Å². The average molecular weight is 414 g/mol. The molecule has 0 aliphatic heterocycles. The lowest BCUT2D eigenvalue weighted by molar-refractivity contribution is 0.589. The molecular weight excluding hydrogens is 399 g/mol. The predicted octanol–water partition coefficient (Wildman–Crippen LogP) is 3.79. The first-order valence-corrected chi connectivity index (χ1v) is 11.0. The molecular formula is C19H15FN4O2S2. The molecule has 1 aromatic carbocycles. The second-order valence-electron chi connectivity index (χ2n) is 6.06. The zero-order valence-electron chi connectivity index (χ0n) is 15.0. The van der Waals surface area contributed by atoms with E-state index in [-0.39, 0.29) is 15.4 Å². The van der Waals surface area contributed by atoms with Gasteiger partial charge in [-0.2, -0.15) is 5.10 Å². The van der Waals surface area contributed by atoms with Crippen molar-refractivity contribution in [3.63, 3.8) is 0 Å². The van der Waals surface area contributed by atoms with Crippen LogP contribution in [0, 0.1) is 12.7 Å². The number of nitrogens with zero attached hydrogens (tertiary/aromatic N) is 4. The van der Waals surface area contributed by atoms with Crippen LogP contribution in [-0.4, -0.2) is 34.3 Å². The van der Waals surface area contributed by atoms with Gasteiger partial charge in [-0.15, -0.1) is 11.8 Å². The van der Waals surface area contributed by atoms with E-state index in [1.165, 1.54) is 34.5 Å². The standard InChI is InChI=1S/C19H15FN4O2S2/c1-12-9-16(13-5-4-8-21-11-13)24-18(22-12)17(19(23-24)27-2)28(25,26)15-7-3-6-14(20)10-15/h3-11H,1-2H3. The third-order valence-corrected chi connectivity index (χ3v) is 6.76. The molecule has 6 nitrogen and oxygen atoms in total. The number of pyridine rings is 1. The molecule has 0 bridgehead atoms. The Morgan fingerprint density at radius 2 is 1.96 bits per heavy atom. The fourth-order valence-corrected chi connectivity index (χ4v) is 5.36. The molecule has 0 unspecified atom stereocenters. The molecule has 4 rings (SSSR count). The summed E-state index contributed by atoms with van der Waals surface area (Å²) in [6.07, 6.45) is 5.07. The van der Waals surface area contributed by atoms with Gasteiger partial charge in [0.15, 0.2) is 10.5 Å². The SMILES string of the molecule is CSc1nn2c(-c3cccnc3)cc(C)nc2c1S(=O)(=O)c1cccc(F)c1. The molecule has 0 N–H and O–H groups in total. The van der Waals surface area contributed by atoms with Crippen LogP contribution in [0.15, 0.2) is 69.7 Å². The van der Waals surface area contributed by atoms with Gasteiger partial charge in [-0.25, -0.2) is 22.3 Å². The molecule has 0 amide bonds. The summed E-state index contributed by atoms with van der Waals surface area (Å²) < 4.78 is 41.8. The number of halogens is 1. The number of rotatable bonds is 4. The maximum Gasteiger partial charge on any atom is 0.213 e. The van der Waals surface area contributed by atoms with Crippen molar-refractivity contribution in [3.8, 4) is 11.3 Å². The average Bonchev–Trinajstić information content (AvgIpc) is 3.07. The summed E-state index contributed by atoms with van der Waals surface area (Å²) in [6.45, 7) is 1.78. The van der Waals surface area contributed by atoms with Crippen molar-refractivity contribution in [2.45, 2.75) is 21.7 Å². The number of aromatic nitrogens is 4. The van der Waals surface area contributed by atoms with Gasteiger partial charge in [-0.05, 0) is 49.6 Å². The zero-order chi connectivity index (χ0) is 19.9. The van der Waals surface area contributed by atoms with Crippen LogP contribution in [0.2, 0.25) is 0 Å². The van der Waals surface area contributed by atoms with Crippen LogP contribution >= 0.6 is 11.8 Å². The van der Waals surface area contributed by atoms with E-state index >= 15 is 0 Å². The lowest BCUT2D eigenvalue weighted by Gasteiger charge is -2.07. The second kappa shape index (κ2) is 6.99. The number of aryl methyl sites for hydroxylation is 1. The molecule has 3 heterocycles. The van der Waals surface area contributed by atoms with Gasteiger partial charge in [0.05, 0.1) is 10.6 Å². The molecule has 0 aliphatic rings. The van der Waals surface area contributed by atoms with E-state index in [0.717, 1.165) is 11.6 Å². The molecule has 9 heteroatoms. The first-order valence-electron chi connectivity index (χ1n) is 8.27. The summed E-state index contributed by atoms with van der Waals surface area (Å²) in [5.74, 6) is -0.622. The largest absolute Gasteiger partial charge is 0.264 e. The van der Waals surface area contributed by atoms with Gasteiger partial charge in [0.2, 0.25) is 9.84 Å². The van der Waals surface area contributed by atoms with E-state index < -0.39 is 15.7 Å². The molecule has 3 aromatic heterocycles. The van der Waals surface area contributed by atoms with E-state index in [1.54, 1.807) is 31.6 Å². The van der Waals surface area contributed by atoms with Gasteiger partial charge >= 0.3 is 0 Å². The highest BCUT2D eigenvalue weighted by molar-refractivity contribution is 7.99. The summed E-state index contributed by atoms with van der Waals surface area (Å²) in [6, 6.07) is 10.4. The summed E-state index contributed by atoms with van der Waals surface area (Å²) in [5.41, 5.74) is 2.29. The van der Waals surface area contributed by atoms with E-state index in [2.05, 4.69) is 15.1 Å². The second-order valence-corrected chi connectivity index (χ2v) is 8.74. The molecule has 0 spiro atoms. The first-order chi connectivity index (χ1) is 13.4. The highest BCUT2D eigenvalue weighted by Gasteiger charge is 2.29. The van der Waals surface area contributed by atoms with Crippen LogP contribution < -0.4 is 0 Å². The third kappa shape index (κ3) is 3.06. The van der Waals surface area contributed by atoms with Crippen molar-refractivity contribution in [2.24, 2.45) is 0 Å². The number of fused-ring (bicyclic) bond motifs is 1. The maximum absolute atomic E-state index is 13.7. The Hall–Kier alpha value is -2.78. The van der Waals surface area contributed by atoms with Gasteiger partial charge in [-0.1, -0.05) is 6.07 Å². The topological polar surface area (TPSA) is 77.2 Å². The number of benzene rings is 1. The van der Waals surface area contributed by atoms with Gasteiger partial charge in [-0.3, -0.25) is 4.98 Å². The van der Waals surface area contributed by atoms with Crippen molar-refractivity contribution in [1.82, 2.24) is 19.6 Å². The summed E-state index contributed by atoms with van der Waals surface area (Å²) >= 11 is 1.20. The Balaban J connectivity index is 2.06. The minimum Gasteiger partial charge on any atom is -0.264 e. The quantitative estimate of drug-likeness (QED) is 0.473. The van der Waals surface area contributed by atoms with E-state index in [1.807, 2.05) is 12.1 Å². The number of hydrogen-bond acceptors (Lipinski definition) is 6. The Labute approximate surface area is 165 Å². The number of thioether (sulfide) groups is 1. The Kier molecular flexibility index (Phi) is 4.64. The molecule has 0 aliphatic carbocycles. The molecule has 0 fully saturated rings. The summed E-state index contributed by atoms with van der Waals surface area (Å²) in [5, 5.41) is 4.78. The zero-order valence-corrected chi connectivity index (χ0v) is 16.6. The molecule has 0 atom stereocenters. The fraction of sp³-hybridized carbons (Fsp3) is 0.105. The van der Waals surface area contributed by atoms with Crippen molar-refractivity contribution >= 4 is 27.2 Å².